The Morgan fingerprint density at radius 1 is 1.37 bits per heavy atom. The third kappa shape index (κ3) is 3.56. The van der Waals surface area contributed by atoms with Gasteiger partial charge in [-0.15, -0.1) is 0 Å². The van der Waals surface area contributed by atoms with Gasteiger partial charge in [-0.3, -0.25) is 4.79 Å². The Morgan fingerprint density at radius 2 is 2.11 bits per heavy atom. The number of benzene rings is 1. The predicted molar refractivity (Wildman–Crippen MR) is 75.0 cm³/mol. The van der Waals surface area contributed by atoms with Crippen LogP contribution in [0.25, 0.3) is 0 Å². The Morgan fingerprint density at radius 3 is 2.68 bits per heavy atom. The van der Waals surface area contributed by atoms with E-state index in [-0.39, 0.29) is 23.3 Å². The smallest absolute Gasteiger partial charge is 0.251 e. The number of amides is 1. The van der Waals surface area contributed by atoms with E-state index in [2.05, 4.69) is 5.32 Å². The Kier molecular flexibility index (Phi) is 3.94. The molecule has 1 fully saturated rings. The van der Waals surface area contributed by atoms with E-state index in [1.807, 2.05) is 32.0 Å². The molecule has 1 unspecified atom stereocenters. The van der Waals surface area contributed by atoms with Crippen LogP contribution in [-0.4, -0.2) is 32.4 Å². The van der Waals surface area contributed by atoms with Crippen LogP contribution in [0.3, 0.4) is 0 Å². The summed E-state index contributed by atoms with van der Waals surface area (Å²) < 4.78 is 22.7. The first-order chi connectivity index (χ1) is 8.87. The van der Waals surface area contributed by atoms with Crippen LogP contribution in [0.4, 0.5) is 0 Å². The van der Waals surface area contributed by atoms with Gasteiger partial charge >= 0.3 is 0 Å². The number of carbonyl (C=O) groups excluding carboxylic acids is 1. The Hall–Kier alpha value is -1.36. The van der Waals surface area contributed by atoms with Gasteiger partial charge in [-0.2, -0.15) is 0 Å². The molecule has 4 nitrogen and oxygen atoms in total. The highest BCUT2D eigenvalue weighted by Crippen LogP contribution is 2.17. The van der Waals surface area contributed by atoms with E-state index in [1.165, 1.54) is 0 Å². The normalized spacial score (nSPS) is 21.3. The number of nitrogens with one attached hydrogen (secondary N) is 1. The van der Waals surface area contributed by atoms with Gasteiger partial charge in [0.25, 0.3) is 5.91 Å². The van der Waals surface area contributed by atoms with Crippen molar-refractivity contribution < 1.29 is 13.2 Å². The summed E-state index contributed by atoms with van der Waals surface area (Å²) in [6.07, 6.45) is 0.648. The molecule has 1 heterocycles. The lowest BCUT2D eigenvalue weighted by atomic mass is 10.0. The first-order valence-electron chi connectivity index (χ1n) is 6.43. The van der Waals surface area contributed by atoms with E-state index in [4.69, 9.17) is 0 Å². The summed E-state index contributed by atoms with van der Waals surface area (Å²) in [6.45, 7) is 4.32. The zero-order chi connectivity index (χ0) is 14.0. The lowest BCUT2D eigenvalue weighted by molar-refractivity contribution is 0.0948. The third-order valence-corrected chi connectivity index (χ3v) is 5.34. The number of aryl methyl sites for hydroxylation is 2. The van der Waals surface area contributed by atoms with Crippen molar-refractivity contribution in [2.45, 2.75) is 20.3 Å². The van der Waals surface area contributed by atoms with E-state index in [9.17, 15) is 13.2 Å². The minimum atomic E-state index is -2.87. The van der Waals surface area contributed by atoms with Crippen molar-refractivity contribution in [2.24, 2.45) is 5.92 Å². The van der Waals surface area contributed by atoms with Crippen LogP contribution in [-0.2, 0) is 9.84 Å². The highest BCUT2D eigenvalue weighted by atomic mass is 32.2. The summed E-state index contributed by atoms with van der Waals surface area (Å²) in [5.41, 5.74) is 2.72. The predicted octanol–water partition coefficient (Wildman–Crippen LogP) is 1.47. The second-order valence-corrected chi connectivity index (χ2v) is 7.53. The van der Waals surface area contributed by atoms with E-state index in [0.717, 1.165) is 11.1 Å². The molecule has 1 aliphatic rings. The lowest BCUT2D eigenvalue weighted by Crippen LogP contribution is -2.30. The summed E-state index contributed by atoms with van der Waals surface area (Å²) in [5, 5.41) is 2.84. The quantitative estimate of drug-likeness (QED) is 0.912. The standard InChI is InChI=1S/C14H19NO3S/c1-10-3-4-13(11(2)7-10)14(16)15-8-12-5-6-19(17,18)9-12/h3-4,7,12H,5-6,8-9H2,1-2H3,(H,15,16). The van der Waals surface area contributed by atoms with Gasteiger partial charge in [-0.05, 0) is 37.8 Å². The van der Waals surface area contributed by atoms with Crippen LogP contribution in [0.1, 0.15) is 27.9 Å². The average Bonchev–Trinajstić information content (AvgIpc) is 2.66. The molecule has 19 heavy (non-hydrogen) atoms. The first-order valence-corrected chi connectivity index (χ1v) is 8.25. The van der Waals surface area contributed by atoms with Gasteiger partial charge < -0.3 is 5.32 Å². The topological polar surface area (TPSA) is 63.2 Å². The summed E-state index contributed by atoms with van der Waals surface area (Å²) >= 11 is 0. The molecule has 0 saturated carbocycles. The fourth-order valence-electron chi connectivity index (χ4n) is 2.43. The Labute approximate surface area is 114 Å². The fourth-order valence-corrected chi connectivity index (χ4v) is 4.30. The number of carbonyl (C=O) groups is 1. The molecule has 1 aromatic carbocycles. The number of rotatable bonds is 3. The third-order valence-electron chi connectivity index (χ3n) is 3.50. The monoisotopic (exact) mass is 281 g/mol. The van der Waals surface area contributed by atoms with Crippen molar-refractivity contribution in [2.75, 3.05) is 18.1 Å². The largest absolute Gasteiger partial charge is 0.352 e. The van der Waals surface area contributed by atoms with Crippen molar-refractivity contribution in [1.29, 1.82) is 0 Å². The number of hydrogen-bond acceptors (Lipinski definition) is 3. The van der Waals surface area contributed by atoms with Gasteiger partial charge in [0.05, 0.1) is 11.5 Å². The van der Waals surface area contributed by atoms with E-state index in [1.54, 1.807) is 0 Å². The van der Waals surface area contributed by atoms with Crippen LogP contribution >= 0.6 is 0 Å². The summed E-state index contributed by atoms with van der Waals surface area (Å²) in [4.78, 5) is 12.0. The van der Waals surface area contributed by atoms with Crippen molar-refractivity contribution in [1.82, 2.24) is 5.32 Å². The molecule has 0 radical (unpaired) electrons. The van der Waals surface area contributed by atoms with E-state index >= 15 is 0 Å². The molecule has 1 saturated heterocycles. The van der Waals surface area contributed by atoms with Crippen LogP contribution in [0.15, 0.2) is 18.2 Å². The molecule has 0 spiro atoms. The summed E-state index contributed by atoms with van der Waals surface area (Å²) in [6, 6.07) is 5.68. The molecule has 1 N–H and O–H groups in total. The number of sulfone groups is 1. The van der Waals surface area contributed by atoms with E-state index in [0.29, 0.717) is 18.5 Å². The molecule has 2 rings (SSSR count). The number of hydrogen-bond donors (Lipinski definition) is 1. The lowest BCUT2D eigenvalue weighted by Gasteiger charge is -2.11. The maximum atomic E-state index is 12.0. The Bertz CT molecular complexity index is 593. The average molecular weight is 281 g/mol. The summed E-state index contributed by atoms with van der Waals surface area (Å²) in [7, 11) is -2.87. The molecule has 0 aliphatic carbocycles. The molecule has 0 aromatic heterocycles. The molecule has 1 amide bonds. The van der Waals surface area contributed by atoms with Gasteiger partial charge in [-0.25, -0.2) is 8.42 Å². The van der Waals surface area contributed by atoms with Crippen LogP contribution < -0.4 is 5.32 Å². The second-order valence-electron chi connectivity index (χ2n) is 5.30. The van der Waals surface area contributed by atoms with Gasteiger partial charge in [0.2, 0.25) is 0 Å². The van der Waals surface area contributed by atoms with Crippen molar-refractivity contribution in [3.63, 3.8) is 0 Å². The minimum absolute atomic E-state index is 0.0553. The van der Waals surface area contributed by atoms with Gasteiger partial charge in [0, 0.05) is 12.1 Å². The van der Waals surface area contributed by atoms with Crippen molar-refractivity contribution in [3.05, 3.63) is 34.9 Å². The SMILES string of the molecule is Cc1ccc(C(=O)NCC2CCS(=O)(=O)C2)c(C)c1. The molecule has 1 atom stereocenters. The molecular formula is C14H19NO3S. The van der Waals surface area contributed by atoms with E-state index < -0.39 is 9.84 Å². The highest BCUT2D eigenvalue weighted by Gasteiger charge is 2.28. The highest BCUT2D eigenvalue weighted by molar-refractivity contribution is 7.91. The van der Waals surface area contributed by atoms with Crippen LogP contribution in [0, 0.1) is 19.8 Å². The van der Waals surface area contributed by atoms with Gasteiger partial charge in [0.15, 0.2) is 9.84 Å². The maximum absolute atomic E-state index is 12.0. The molecule has 1 aromatic rings. The van der Waals surface area contributed by atoms with Gasteiger partial charge in [-0.1, -0.05) is 17.7 Å². The van der Waals surface area contributed by atoms with Crippen LogP contribution in [0.5, 0.6) is 0 Å². The minimum Gasteiger partial charge on any atom is -0.352 e. The zero-order valence-electron chi connectivity index (χ0n) is 11.3. The second kappa shape index (κ2) is 5.33. The van der Waals surface area contributed by atoms with Crippen molar-refractivity contribution >= 4 is 15.7 Å². The fraction of sp³-hybridized carbons (Fsp3) is 0.500. The molecule has 5 heteroatoms. The van der Waals surface area contributed by atoms with Crippen molar-refractivity contribution in [3.8, 4) is 0 Å². The zero-order valence-corrected chi connectivity index (χ0v) is 12.1. The molecule has 104 valence electrons. The summed E-state index contributed by atoms with van der Waals surface area (Å²) in [5.74, 6) is 0.374. The van der Waals surface area contributed by atoms with Gasteiger partial charge in [0.1, 0.15) is 0 Å². The molecular weight excluding hydrogens is 262 g/mol. The molecule has 0 bridgehead atoms. The van der Waals surface area contributed by atoms with Crippen LogP contribution in [0.2, 0.25) is 0 Å². The maximum Gasteiger partial charge on any atom is 0.251 e. The molecule has 1 aliphatic heterocycles. The Balaban J connectivity index is 1.95. The first kappa shape index (κ1) is 14.1.